The van der Waals surface area contributed by atoms with Crippen LogP contribution >= 0.6 is 0 Å². The highest BCUT2D eigenvalue weighted by Crippen LogP contribution is 2.75. The van der Waals surface area contributed by atoms with Gasteiger partial charge in [0.15, 0.2) is 0 Å². The van der Waals surface area contributed by atoms with Crippen LogP contribution in [0, 0.1) is 29.1 Å². The maximum atomic E-state index is 5.84. The summed E-state index contributed by atoms with van der Waals surface area (Å²) in [6.45, 7) is 5.55. The van der Waals surface area contributed by atoms with Crippen LogP contribution in [0.3, 0.4) is 0 Å². The third-order valence-corrected chi connectivity index (χ3v) is 12.3. The molecule has 8 rings (SSSR count). The summed E-state index contributed by atoms with van der Waals surface area (Å²) in [6, 6.07) is 8.87. The highest BCUT2D eigenvalue weighted by Gasteiger charge is 2.75. The zero-order valence-corrected chi connectivity index (χ0v) is 21.3. The van der Waals surface area contributed by atoms with E-state index in [0.717, 1.165) is 41.5 Å². The topological polar surface area (TPSA) is 15.7 Å². The lowest BCUT2D eigenvalue weighted by Gasteiger charge is -2.66. The van der Waals surface area contributed by atoms with Gasteiger partial charge in [-0.3, -0.25) is 9.80 Å². The van der Waals surface area contributed by atoms with Gasteiger partial charge >= 0.3 is 0 Å². The molecule has 0 aromatic heterocycles. The fraction of sp³-hybridized carbons (Fsp3) is 0.806. The number of piperidine rings is 1. The average molecular weight is 461 g/mol. The van der Waals surface area contributed by atoms with Gasteiger partial charge in [-0.2, -0.15) is 0 Å². The van der Waals surface area contributed by atoms with E-state index < -0.39 is 0 Å². The van der Waals surface area contributed by atoms with Crippen molar-refractivity contribution in [1.29, 1.82) is 0 Å². The third-order valence-electron chi connectivity index (χ3n) is 12.3. The quantitative estimate of drug-likeness (QED) is 0.564. The molecule has 1 aromatic carbocycles. The first-order valence-corrected chi connectivity index (χ1v) is 14.9. The first-order valence-electron chi connectivity index (χ1n) is 14.9. The standard InChI is InChI=1S/C31H44N2O/c1-34-25-10-9-23-15-28-30-12-11-27-29(24(17-30)20-33(27)19-21-5-3-2-4-6-21)31(30,26(23)16-25)13-14-32(28)18-22-7-8-22/h9-10,16,21-22,24,27-29H,2-8,11-15,17-20H2,1H3/t24-,27?,28?,29?,30?,31?/m1/s1. The smallest absolute Gasteiger partial charge is 0.119 e. The van der Waals surface area contributed by atoms with Crippen LogP contribution in [-0.2, 0) is 11.8 Å². The number of rotatable bonds is 5. The number of likely N-dealkylation sites (tertiary alicyclic amines) is 2. The van der Waals surface area contributed by atoms with Crippen molar-refractivity contribution < 1.29 is 4.74 Å². The largest absolute Gasteiger partial charge is 0.497 e. The summed E-state index contributed by atoms with van der Waals surface area (Å²) in [7, 11) is 1.87. The van der Waals surface area contributed by atoms with E-state index in [2.05, 4.69) is 28.0 Å². The van der Waals surface area contributed by atoms with Gasteiger partial charge in [0.25, 0.3) is 0 Å². The number of benzene rings is 1. The number of hydrogen-bond acceptors (Lipinski definition) is 3. The van der Waals surface area contributed by atoms with Gasteiger partial charge in [0.2, 0.25) is 0 Å². The van der Waals surface area contributed by atoms with E-state index in [4.69, 9.17) is 4.74 Å². The highest BCUT2D eigenvalue weighted by atomic mass is 16.5. The first kappa shape index (κ1) is 21.1. The van der Waals surface area contributed by atoms with Crippen molar-refractivity contribution in [3.8, 4) is 5.75 Å². The summed E-state index contributed by atoms with van der Waals surface area (Å²) in [6.07, 6.45) is 17.6. The second-order valence-corrected chi connectivity index (χ2v) is 13.6. The maximum absolute atomic E-state index is 5.84. The molecular weight excluding hydrogens is 416 g/mol. The van der Waals surface area contributed by atoms with Gasteiger partial charge in [-0.25, -0.2) is 0 Å². The van der Waals surface area contributed by atoms with Crippen LogP contribution in [-0.4, -0.2) is 55.2 Å². The van der Waals surface area contributed by atoms with E-state index in [0.29, 0.717) is 10.8 Å². The molecule has 0 amide bonds. The Morgan fingerprint density at radius 1 is 0.941 bits per heavy atom. The van der Waals surface area contributed by atoms with E-state index >= 15 is 0 Å². The lowest BCUT2D eigenvalue weighted by atomic mass is 9.43. The molecule has 7 aliphatic rings. The van der Waals surface area contributed by atoms with Crippen molar-refractivity contribution in [3.05, 3.63) is 29.3 Å². The summed E-state index contributed by atoms with van der Waals surface area (Å²) in [5, 5.41) is 0. The molecule has 2 saturated heterocycles. The molecule has 4 bridgehead atoms. The molecule has 5 aliphatic carbocycles. The van der Waals surface area contributed by atoms with Crippen LogP contribution in [0.2, 0.25) is 0 Å². The van der Waals surface area contributed by atoms with E-state index in [-0.39, 0.29) is 0 Å². The van der Waals surface area contributed by atoms with Gasteiger partial charge in [0.05, 0.1) is 7.11 Å². The van der Waals surface area contributed by atoms with E-state index in [1.165, 1.54) is 103 Å². The van der Waals surface area contributed by atoms with E-state index in [9.17, 15) is 0 Å². The fourth-order valence-corrected chi connectivity index (χ4v) is 11.1. The molecular formula is C31H44N2O. The predicted octanol–water partition coefficient (Wildman–Crippen LogP) is 5.65. The van der Waals surface area contributed by atoms with Gasteiger partial charge in [-0.05, 0) is 117 Å². The predicted molar refractivity (Wildman–Crippen MR) is 136 cm³/mol. The minimum Gasteiger partial charge on any atom is -0.497 e. The second kappa shape index (κ2) is 7.48. The van der Waals surface area contributed by atoms with Crippen molar-refractivity contribution in [2.75, 3.05) is 33.3 Å². The normalized spacial score (nSPS) is 43.6. The summed E-state index contributed by atoms with van der Waals surface area (Å²) in [5.74, 6) is 4.89. The van der Waals surface area contributed by atoms with Crippen molar-refractivity contribution in [2.24, 2.45) is 29.1 Å². The van der Waals surface area contributed by atoms with Crippen LogP contribution in [0.1, 0.15) is 81.8 Å². The van der Waals surface area contributed by atoms with Crippen LogP contribution in [0.4, 0.5) is 0 Å². The van der Waals surface area contributed by atoms with Crippen molar-refractivity contribution >= 4 is 0 Å². The lowest BCUT2D eigenvalue weighted by Crippen LogP contribution is -2.69. The molecule has 5 unspecified atom stereocenters. The number of nitrogens with zero attached hydrogens (tertiary/aromatic N) is 2. The number of fused-ring (bicyclic) bond motifs is 1. The molecule has 1 aromatic rings. The van der Waals surface area contributed by atoms with Gasteiger partial charge in [0.1, 0.15) is 5.75 Å². The van der Waals surface area contributed by atoms with E-state index in [1.54, 1.807) is 11.1 Å². The SMILES string of the molecule is COc1ccc2c(c1)C13CCN(CC4CC4)C(C2)C12CCC1C3[C@@H](CN1CC1CCCCC1)C2. The van der Waals surface area contributed by atoms with Crippen molar-refractivity contribution in [3.63, 3.8) is 0 Å². The molecule has 34 heavy (non-hydrogen) atoms. The first-order chi connectivity index (χ1) is 16.7. The van der Waals surface area contributed by atoms with Gasteiger partial charge in [0, 0.05) is 37.1 Å². The Balaban J connectivity index is 1.21. The molecule has 0 N–H and O–H groups in total. The van der Waals surface area contributed by atoms with Gasteiger partial charge < -0.3 is 4.74 Å². The van der Waals surface area contributed by atoms with Crippen molar-refractivity contribution in [2.45, 2.75) is 94.5 Å². The monoisotopic (exact) mass is 460 g/mol. The number of methoxy groups -OCH3 is 1. The fourth-order valence-electron chi connectivity index (χ4n) is 11.1. The summed E-state index contributed by atoms with van der Waals surface area (Å²) >= 11 is 0. The number of hydrogen-bond donors (Lipinski definition) is 0. The molecule has 0 spiro atoms. The molecule has 3 heteroatoms. The molecule has 3 nitrogen and oxygen atoms in total. The highest BCUT2D eigenvalue weighted by molar-refractivity contribution is 5.51. The third kappa shape index (κ3) is 2.72. The van der Waals surface area contributed by atoms with Crippen LogP contribution in [0.25, 0.3) is 0 Å². The molecule has 0 radical (unpaired) electrons. The maximum Gasteiger partial charge on any atom is 0.119 e. The lowest BCUT2D eigenvalue weighted by molar-refractivity contribution is -0.106. The number of ether oxygens (including phenoxy) is 1. The molecule has 184 valence electrons. The molecule has 2 heterocycles. The zero-order chi connectivity index (χ0) is 22.5. The Bertz CT molecular complexity index is 966. The van der Waals surface area contributed by atoms with Gasteiger partial charge in [-0.1, -0.05) is 25.3 Å². The Morgan fingerprint density at radius 2 is 1.76 bits per heavy atom. The molecule has 2 aliphatic heterocycles. The van der Waals surface area contributed by atoms with Crippen LogP contribution in [0.5, 0.6) is 5.75 Å². The van der Waals surface area contributed by atoms with Gasteiger partial charge in [-0.15, -0.1) is 0 Å². The van der Waals surface area contributed by atoms with Crippen LogP contribution in [0.15, 0.2) is 18.2 Å². The Morgan fingerprint density at radius 3 is 2.59 bits per heavy atom. The van der Waals surface area contributed by atoms with E-state index in [1.807, 2.05) is 7.11 Å². The Hall–Kier alpha value is -1.06. The molecule has 6 fully saturated rings. The summed E-state index contributed by atoms with van der Waals surface area (Å²) in [4.78, 5) is 6.06. The minimum absolute atomic E-state index is 0.411. The Kier molecular flexibility index (Phi) is 4.63. The minimum atomic E-state index is 0.411. The molecule has 6 atom stereocenters. The Labute approximate surface area is 206 Å². The zero-order valence-electron chi connectivity index (χ0n) is 21.3. The average Bonchev–Trinajstić information content (AvgIpc) is 3.57. The van der Waals surface area contributed by atoms with Crippen LogP contribution < -0.4 is 4.74 Å². The summed E-state index contributed by atoms with van der Waals surface area (Å²) in [5.41, 5.74) is 4.36. The molecule has 4 saturated carbocycles. The summed E-state index contributed by atoms with van der Waals surface area (Å²) < 4.78 is 5.84. The second-order valence-electron chi connectivity index (χ2n) is 13.6. The van der Waals surface area contributed by atoms with Crippen molar-refractivity contribution in [1.82, 2.24) is 9.80 Å².